The van der Waals surface area contributed by atoms with Crippen molar-refractivity contribution in [3.63, 3.8) is 0 Å². The molecule has 0 saturated heterocycles. The van der Waals surface area contributed by atoms with E-state index in [9.17, 15) is 0 Å². The van der Waals surface area contributed by atoms with E-state index in [0.717, 1.165) is 11.3 Å². The maximum atomic E-state index is 8.70. The van der Waals surface area contributed by atoms with Crippen LogP contribution in [0.5, 0.6) is 5.75 Å². The zero-order valence-electron chi connectivity index (χ0n) is 9.67. The fourth-order valence-electron chi connectivity index (χ4n) is 1.65. The van der Waals surface area contributed by atoms with Gasteiger partial charge in [0.25, 0.3) is 0 Å². The van der Waals surface area contributed by atoms with E-state index in [2.05, 4.69) is 18.2 Å². The van der Waals surface area contributed by atoms with Crippen LogP contribution in [-0.2, 0) is 0 Å². The lowest BCUT2D eigenvalue weighted by atomic mass is 10.1. The molecule has 1 N–H and O–H groups in total. The second-order valence-corrected chi connectivity index (χ2v) is 3.82. The monoisotopic (exact) mass is 228 g/mol. The number of rotatable bonds is 5. The van der Waals surface area contributed by atoms with Crippen molar-refractivity contribution in [1.82, 2.24) is 0 Å². The summed E-state index contributed by atoms with van der Waals surface area (Å²) >= 11 is 0. The molecule has 2 nitrogen and oxygen atoms in total. The molecule has 0 atom stereocenters. The Morgan fingerprint density at radius 2 is 1.65 bits per heavy atom. The lowest BCUT2D eigenvalue weighted by Gasteiger charge is -2.07. The van der Waals surface area contributed by atoms with Gasteiger partial charge in [-0.1, -0.05) is 42.5 Å². The Morgan fingerprint density at radius 1 is 0.882 bits per heavy atom. The van der Waals surface area contributed by atoms with Gasteiger partial charge in [0.1, 0.15) is 5.75 Å². The standard InChI is InChI=1S/C15H16O2/c16-10-5-11-17-15-9-4-8-14(12-15)13-6-2-1-3-7-13/h1-4,6-9,12,16H,5,10-11H2. The predicted molar refractivity (Wildman–Crippen MR) is 69.1 cm³/mol. The first-order valence-electron chi connectivity index (χ1n) is 5.79. The first-order chi connectivity index (χ1) is 8.40. The largest absolute Gasteiger partial charge is 0.493 e. The Morgan fingerprint density at radius 3 is 2.41 bits per heavy atom. The number of aliphatic hydroxyl groups is 1. The smallest absolute Gasteiger partial charge is 0.119 e. The molecule has 17 heavy (non-hydrogen) atoms. The van der Waals surface area contributed by atoms with Crippen molar-refractivity contribution in [1.29, 1.82) is 0 Å². The van der Waals surface area contributed by atoms with Gasteiger partial charge in [-0.05, 0) is 23.3 Å². The molecule has 0 unspecified atom stereocenters. The molecule has 2 aromatic rings. The number of hydrogen-bond donors (Lipinski definition) is 1. The second kappa shape index (κ2) is 6.06. The van der Waals surface area contributed by atoms with Gasteiger partial charge in [-0.15, -0.1) is 0 Å². The normalized spacial score (nSPS) is 10.2. The Kier molecular flexibility index (Phi) is 4.17. The topological polar surface area (TPSA) is 29.5 Å². The summed E-state index contributed by atoms with van der Waals surface area (Å²) < 4.78 is 5.55. The molecule has 88 valence electrons. The van der Waals surface area contributed by atoms with Crippen LogP contribution in [0, 0.1) is 0 Å². The lowest BCUT2D eigenvalue weighted by Crippen LogP contribution is -1.99. The number of benzene rings is 2. The van der Waals surface area contributed by atoms with E-state index in [1.165, 1.54) is 5.56 Å². The lowest BCUT2D eigenvalue weighted by molar-refractivity contribution is 0.233. The minimum Gasteiger partial charge on any atom is -0.493 e. The van der Waals surface area contributed by atoms with Gasteiger partial charge >= 0.3 is 0 Å². The zero-order valence-corrected chi connectivity index (χ0v) is 9.67. The summed E-state index contributed by atoms with van der Waals surface area (Å²) in [7, 11) is 0. The predicted octanol–water partition coefficient (Wildman–Crippen LogP) is 3.11. The third kappa shape index (κ3) is 3.33. The van der Waals surface area contributed by atoms with Gasteiger partial charge in [-0.25, -0.2) is 0 Å². The molecule has 0 saturated carbocycles. The summed E-state index contributed by atoms with van der Waals surface area (Å²) in [5.74, 6) is 0.847. The van der Waals surface area contributed by atoms with E-state index in [1.54, 1.807) is 0 Å². The maximum absolute atomic E-state index is 8.70. The fourth-order valence-corrected chi connectivity index (χ4v) is 1.65. The SMILES string of the molecule is OCCCOc1cccc(-c2ccccc2)c1. The molecule has 0 aromatic heterocycles. The van der Waals surface area contributed by atoms with E-state index in [1.807, 2.05) is 36.4 Å². The van der Waals surface area contributed by atoms with Gasteiger partial charge in [0, 0.05) is 13.0 Å². The summed E-state index contributed by atoms with van der Waals surface area (Å²) in [6, 6.07) is 18.2. The highest BCUT2D eigenvalue weighted by Gasteiger charge is 1.99. The van der Waals surface area contributed by atoms with Gasteiger partial charge < -0.3 is 9.84 Å². The van der Waals surface area contributed by atoms with Crippen molar-refractivity contribution in [2.24, 2.45) is 0 Å². The van der Waals surface area contributed by atoms with Gasteiger partial charge in [0.05, 0.1) is 6.61 Å². The average Bonchev–Trinajstić information content (AvgIpc) is 2.41. The van der Waals surface area contributed by atoms with Gasteiger partial charge in [0.2, 0.25) is 0 Å². The number of ether oxygens (including phenoxy) is 1. The van der Waals surface area contributed by atoms with Crippen molar-refractivity contribution in [2.45, 2.75) is 6.42 Å². The van der Waals surface area contributed by atoms with Crippen molar-refractivity contribution in [3.05, 3.63) is 54.6 Å². The van der Waals surface area contributed by atoms with Crippen LogP contribution in [0.2, 0.25) is 0 Å². The molecule has 2 rings (SSSR count). The molecule has 0 bridgehead atoms. The molecule has 0 radical (unpaired) electrons. The van der Waals surface area contributed by atoms with Crippen LogP contribution in [0.4, 0.5) is 0 Å². The van der Waals surface area contributed by atoms with Crippen LogP contribution in [0.1, 0.15) is 6.42 Å². The highest BCUT2D eigenvalue weighted by atomic mass is 16.5. The molecule has 2 heteroatoms. The van der Waals surface area contributed by atoms with E-state index in [-0.39, 0.29) is 6.61 Å². The van der Waals surface area contributed by atoms with E-state index in [0.29, 0.717) is 13.0 Å². The molecule has 0 aliphatic carbocycles. The van der Waals surface area contributed by atoms with Crippen LogP contribution in [0.3, 0.4) is 0 Å². The van der Waals surface area contributed by atoms with Gasteiger partial charge in [0.15, 0.2) is 0 Å². The molecular weight excluding hydrogens is 212 g/mol. The van der Waals surface area contributed by atoms with Crippen LogP contribution in [-0.4, -0.2) is 18.3 Å². The van der Waals surface area contributed by atoms with E-state index in [4.69, 9.17) is 9.84 Å². The highest BCUT2D eigenvalue weighted by Crippen LogP contribution is 2.23. The minimum atomic E-state index is 0.165. The molecule has 0 aliphatic rings. The summed E-state index contributed by atoms with van der Waals surface area (Å²) in [5, 5.41) is 8.70. The zero-order chi connectivity index (χ0) is 11.9. The summed E-state index contributed by atoms with van der Waals surface area (Å²) in [6.45, 7) is 0.715. The maximum Gasteiger partial charge on any atom is 0.119 e. The van der Waals surface area contributed by atoms with Gasteiger partial charge in [-0.3, -0.25) is 0 Å². The van der Waals surface area contributed by atoms with Crippen molar-refractivity contribution >= 4 is 0 Å². The molecule has 0 aliphatic heterocycles. The average molecular weight is 228 g/mol. The second-order valence-electron chi connectivity index (χ2n) is 3.82. The number of hydrogen-bond acceptors (Lipinski definition) is 2. The Balaban J connectivity index is 2.12. The van der Waals surface area contributed by atoms with Crippen molar-refractivity contribution in [3.8, 4) is 16.9 Å². The summed E-state index contributed by atoms with van der Waals surface area (Å²) in [6.07, 6.45) is 0.662. The van der Waals surface area contributed by atoms with Crippen molar-refractivity contribution in [2.75, 3.05) is 13.2 Å². The summed E-state index contributed by atoms with van der Waals surface area (Å²) in [4.78, 5) is 0. The molecular formula is C15H16O2. The van der Waals surface area contributed by atoms with Gasteiger partial charge in [-0.2, -0.15) is 0 Å². The molecule has 0 fully saturated rings. The molecule has 0 spiro atoms. The first kappa shape index (κ1) is 11.7. The Labute approximate surface area is 101 Å². The number of aliphatic hydroxyl groups excluding tert-OH is 1. The Bertz CT molecular complexity index is 451. The quantitative estimate of drug-likeness (QED) is 0.797. The molecule has 0 heterocycles. The van der Waals surface area contributed by atoms with Crippen LogP contribution >= 0.6 is 0 Å². The molecule has 0 amide bonds. The highest BCUT2D eigenvalue weighted by molar-refractivity contribution is 5.64. The minimum absolute atomic E-state index is 0.165. The van der Waals surface area contributed by atoms with Crippen LogP contribution < -0.4 is 4.74 Å². The Hall–Kier alpha value is -1.80. The van der Waals surface area contributed by atoms with E-state index >= 15 is 0 Å². The third-order valence-electron chi connectivity index (χ3n) is 2.51. The first-order valence-corrected chi connectivity index (χ1v) is 5.79. The van der Waals surface area contributed by atoms with E-state index < -0.39 is 0 Å². The third-order valence-corrected chi connectivity index (χ3v) is 2.51. The van der Waals surface area contributed by atoms with Crippen molar-refractivity contribution < 1.29 is 9.84 Å². The summed E-state index contributed by atoms with van der Waals surface area (Å²) in [5.41, 5.74) is 2.33. The van der Waals surface area contributed by atoms with Crippen LogP contribution in [0.15, 0.2) is 54.6 Å². The molecule has 2 aromatic carbocycles. The fraction of sp³-hybridized carbons (Fsp3) is 0.200. The van der Waals surface area contributed by atoms with Crippen LogP contribution in [0.25, 0.3) is 11.1 Å².